The fourth-order valence-corrected chi connectivity index (χ4v) is 1.81. The SMILES string of the molecule is CCCn1nncc1-c1nc(CC)[nH]c(=O)c1C. The van der Waals surface area contributed by atoms with E-state index in [0.29, 0.717) is 23.5 Å². The van der Waals surface area contributed by atoms with E-state index >= 15 is 0 Å². The van der Waals surface area contributed by atoms with Gasteiger partial charge in [0.05, 0.1) is 6.20 Å². The summed E-state index contributed by atoms with van der Waals surface area (Å²) in [6.45, 7) is 6.56. The van der Waals surface area contributed by atoms with Crippen molar-refractivity contribution in [3.05, 3.63) is 27.9 Å². The number of aromatic nitrogens is 5. The van der Waals surface area contributed by atoms with Crippen molar-refractivity contribution in [2.24, 2.45) is 0 Å². The number of hydrogen-bond donors (Lipinski definition) is 1. The van der Waals surface area contributed by atoms with Crippen LogP contribution >= 0.6 is 0 Å². The molecule has 18 heavy (non-hydrogen) atoms. The van der Waals surface area contributed by atoms with Gasteiger partial charge < -0.3 is 4.98 Å². The fourth-order valence-electron chi connectivity index (χ4n) is 1.81. The molecular formula is C12H17N5O. The third-order valence-electron chi connectivity index (χ3n) is 2.83. The minimum absolute atomic E-state index is 0.0962. The Morgan fingerprint density at radius 3 is 2.83 bits per heavy atom. The maximum absolute atomic E-state index is 11.8. The number of aryl methyl sites for hydroxylation is 2. The van der Waals surface area contributed by atoms with Gasteiger partial charge in [0.1, 0.15) is 17.2 Å². The van der Waals surface area contributed by atoms with E-state index in [4.69, 9.17) is 0 Å². The number of rotatable bonds is 4. The summed E-state index contributed by atoms with van der Waals surface area (Å²) in [4.78, 5) is 19.1. The Bertz CT molecular complexity index is 599. The quantitative estimate of drug-likeness (QED) is 0.883. The van der Waals surface area contributed by atoms with Crippen LogP contribution in [-0.4, -0.2) is 25.0 Å². The minimum atomic E-state index is -0.0962. The Morgan fingerprint density at radius 1 is 1.39 bits per heavy atom. The van der Waals surface area contributed by atoms with Gasteiger partial charge in [-0.2, -0.15) is 0 Å². The molecule has 0 aliphatic carbocycles. The third-order valence-corrected chi connectivity index (χ3v) is 2.83. The minimum Gasteiger partial charge on any atom is -0.310 e. The zero-order valence-corrected chi connectivity index (χ0v) is 10.9. The van der Waals surface area contributed by atoms with Crippen LogP contribution in [0.2, 0.25) is 0 Å². The van der Waals surface area contributed by atoms with Crippen LogP contribution in [0.25, 0.3) is 11.4 Å². The Balaban J connectivity index is 2.59. The van der Waals surface area contributed by atoms with Crippen LogP contribution in [0.4, 0.5) is 0 Å². The number of nitrogens with zero attached hydrogens (tertiary/aromatic N) is 4. The van der Waals surface area contributed by atoms with E-state index in [1.807, 2.05) is 6.92 Å². The van der Waals surface area contributed by atoms with Crippen molar-refractivity contribution in [1.82, 2.24) is 25.0 Å². The highest BCUT2D eigenvalue weighted by molar-refractivity contribution is 5.57. The highest BCUT2D eigenvalue weighted by atomic mass is 16.1. The first-order valence-corrected chi connectivity index (χ1v) is 6.16. The first-order valence-electron chi connectivity index (χ1n) is 6.16. The lowest BCUT2D eigenvalue weighted by Crippen LogP contribution is -2.17. The standard InChI is InChI=1S/C12H17N5O/c1-4-6-17-9(7-13-16-17)11-8(3)12(18)15-10(5-2)14-11/h7H,4-6H2,1-3H3,(H,14,15,18). The van der Waals surface area contributed by atoms with Gasteiger partial charge in [0.15, 0.2) is 0 Å². The van der Waals surface area contributed by atoms with Gasteiger partial charge in [-0.05, 0) is 13.3 Å². The monoisotopic (exact) mass is 247 g/mol. The van der Waals surface area contributed by atoms with E-state index in [1.54, 1.807) is 17.8 Å². The summed E-state index contributed by atoms with van der Waals surface area (Å²) in [7, 11) is 0. The lowest BCUT2D eigenvalue weighted by atomic mass is 10.2. The van der Waals surface area contributed by atoms with E-state index in [2.05, 4.69) is 27.2 Å². The van der Waals surface area contributed by atoms with Gasteiger partial charge in [-0.25, -0.2) is 9.67 Å². The van der Waals surface area contributed by atoms with Gasteiger partial charge in [-0.3, -0.25) is 4.79 Å². The molecule has 2 heterocycles. The molecule has 1 N–H and O–H groups in total. The second kappa shape index (κ2) is 5.12. The van der Waals surface area contributed by atoms with Gasteiger partial charge in [0, 0.05) is 18.5 Å². The molecule has 0 aliphatic heterocycles. The van der Waals surface area contributed by atoms with Gasteiger partial charge >= 0.3 is 0 Å². The average Bonchev–Trinajstić information content (AvgIpc) is 2.81. The van der Waals surface area contributed by atoms with Crippen molar-refractivity contribution in [2.45, 2.75) is 40.2 Å². The molecule has 0 radical (unpaired) electrons. The lowest BCUT2D eigenvalue weighted by molar-refractivity contribution is 0.583. The zero-order valence-electron chi connectivity index (χ0n) is 10.9. The first-order chi connectivity index (χ1) is 8.67. The molecule has 0 saturated carbocycles. The van der Waals surface area contributed by atoms with Crippen molar-refractivity contribution in [3.63, 3.8) is 0 Å². The van der Waals surface area contributed by atoms with Crippen LogP contribution in [0.15, 0.2) is 11.0 Å². The molecular weight excluding hydrogens is 230 g/mol. The topological polar surface area (TPSA) is 76.5 Å². The normalized spacial score (nSPS) is 10.8. The molecule has 0 fully saturated rings. The molecule has 0 amide bonds. The predicted molar refractivity (Wildman–Crippen MR) is 68.3 cm³/mol. The summed E-state index contributed by atoms with van der Waals surface area (Å²) in [6, 6.07) is 0. The van der Waals surface area contributed by atoms with E-state index in [1.165, 1.54) is 0 Å². The molecule has 2 aromatic rings. The number of hydrogen-bond acceptors (Lipinski definition) is 4. The van der Waals surface area contributed by atoms with Gasteiger partial charge in [-0.1, -0.05) is 19.1 Å². The van der Waals surface area contributed by atoms with Crippen molar-refractivity contribution < 1.29 is 0 Å². The summed E-state index contributed by atoms with van der Waals surface area (Å²) in [5.41, 5.74) is 1.98. The zero-order chi connectivity index (χ0) is 13.1. The van der Waals surface area contributed by atoms with Crippen LogP contribution in [-0.2, 0) is 13.0 Å². The summed E-state index contributed by atoms with van der Waals surface area (Å²) >= 11 is 0. The molecule has 0 aromatic carbocycles. The second-order valence-corrected chi connectivity index (χ2v) is 4.18. The fraction of sp³-hybridized carbons (Fsp3) is 0.500. The molecule has 0 unspecified atom stereocenters. The molecule has 0 atom stereocenters. The maximum Gasteiger partial charge on any atom is 0.254 e. The largest absolute Gasteiger partial charge is 0.310 e. The molecule has 0 bridgehead atoms. The molecule has 2 aromatic heterocycles. The maximum atomic E-state index is 11.8. The molecule has 0 saturated heterocycles. The van der Waals surface area contributed by atoms with Gasteiger partial charge in [0.2, 0.25) is 0 Å². The molecule has 2 rings (SSSR count). The summed E-state index contributed by atoms with van der Waals surface area (Å²) in [5, 5.41) is 7.93. The van der Waals surface area contributed by atoms with Gasteiger partial charge in [0.25, 0.3) is 5.56 Å². The summed E-state index contributed by atoms with van der Waals surface area (Å²) in [5.74, 6) is 0.685. The van der Waals surface area contributed by atoms with Gasteiger partial charge in [-0.15, -0.1) is 5.10 Å². The van der Waals surface area contributed by atoms with E-state index in [0.717, 1.165) is 18.7 Å². The van der Waals surface area contributed by atoms with Crippen molar-refractivity contribution in [3.8, 4) is 11.4 Å². The first kappa shape index (κ1) is 12.5. The smallest absolute Gasteiger partial charge is 0.254 e. The average molecular weight is 247 g/mol. The second-order valence-electron chi connectivity index (χ2n) is 4.18. The lowest BCUT2D eigenvalue weighted by Gasteiger charge is -2.07. The molecule has 0 spiro atoms. The highest BCUT2D eigenvalue weighted by Crippen LogP contribution is 2.17. The Hall–Kier alpha value is -1.98. The third kappa shape index (κ3) is 2.18. The highest BCUT2D eigenvalue weighted by Gasteiger charge is 2.13. The van der Waals surface area contributed by atoms with Crippen LogP contribution < -0.4 is 5.56 Å². The Kier molecular flexibility index (Phi) is 3.55. The molecule has 6 nitrogen and oxygen atoms in total. The Labute approximate surface area is 105 Å². The van der Waals surface area contributed by atoms with E-state index in [-0.39, 0.29) is 5.56 Å². The van der Waals surface area contributed by atoms with Crippen LogP contribution in [0.5, 0.6) is 0 Å². The van der Waals surface area contributed by atoms with Crippen molar-refractivity contribution in [1.29, 1.82) is 0 Å². The summed E-state index contributed by atoms with van der Waals surface area (Å²) < 4.78 is 1.79. The predicted octanol–water partition coefficient (Wildman–Crippen LogP) is 1.31. The van der Waals surface area contributed by atoms with Crippen LogP contribution in [0, 0.1) is 6.92 Å². The molecule has 0 aliphatic rings. The van der Waals surface area contributed by atoms with Crippen molar-refractivity contribution in [2.75, 3.05) is 0 Å². The molecule has 6 heteroatoms. The van der Waals surface area contributed by atoms with E-state index in [9.17, 15) is 4.79 Å². The Morgan fingerprint density at radius 2 is 2.17 bits per heavy atom. The van der Waals surface area contributed by atoms with Crippen molar-refractivity contribution >= 4 is 0 Å². The number of aromatic amines is 1. The van der Waals surface area contributed by atoms with E-state index < -0.39 is 0 Å². The van der Waals surface area contributed by atoms with Crippen LogP contribution in [0.3, 0.4) is 0 Å². The molecule has 96 valence electrons. The van der Waals surface area contributed by atoms with Crippen LogP contribution in [0.1, 0.15) is 31.7 Å². The number of nitrogens with one attached hydrogen (secondary N) is 1. The number of H-pyrrole nitrogens is 1. The summed E-state index contributed by atoms with van der Waals surface area (Å²) in [6.07, 6.45) is 3.31.